The van der Waals surface area contributed by atoms with Crippen LogP contribution >= 0.6 is 11.3 Å². The second-order valence-electron chi connectivity index (χ2n) is 11.0. The summed E-state index contributed by atoms with van der Waals surface area (Å²) in [6.07, 6.45) is 0. The lowest BCUT2D eigenvalue weighted by Gasteiger charge is -2.25. The van der Waals surface area contributed by atoms with Crippen molar-refractivity contribution in [2.24, 2.45) is 0 Å². The fourth-order valence-electron chi connectivity index (χ4n) is 4.20. The van der Waals surface area contributed by atoms with Gasteiger partial charge in [0, 0.05) is 35.0 Å². The SMILES string of the molecule is CC(C)(C)c1ccc(-c2cc(CN3CCOCC3)sc2-c2ccc(C(C)(C)C)cc2)cc1. The standard InChI is InChI=1S/C29H37NOS/c1-28(2,3)23-11-7-21(8-12-23)26-19-25(20-30-15-17-31-18-16-30)32-27(26)22-9-13-24(14-10-22)29(4,5)6/h7-14,19H,15-18,20H2,1-6H3. The van der Waals surface area contributed by atoms with E-state index >= 15 is 0 Å². The minimum absolute atomic E-state index is 0.167. The molecule has 1 aromatic heterocycles. The Morgan fingerprint density at radius 2 is 1.25 bits per heavy atom. The van der Waals surface area contributed by atoms with Gasteiger partial charge in [0.25, 0.3) is 0 Å². The highest BCUT2D eigenvalue weighted by atomic mass is 32.1. The van der Waals surface area contributed by atoms with Crippen molar-refractivity contribution < 1.29 is 4.74 Å². The number of thiophene rings is 1. The second-order valence-corrected chi connectivity index (χ2v) is 12.1. The van der Waals surface area contributed by atoms with E-state index in [1.807, 2.05) is 11.3 Å². The average molecular weight is 448 g/mol. The topological polar surface area (TPSA) is 12.5 Å². The van der Waals surface area contributed by atoms with Crippen LogP contribution in [-0.4, -0.2) is 31.2 Å². The lowest BCUT2D eigenvalue weighted by molar-refractivity contribution is 0.0346. The zero-order chi connectivity index (χ0) is 22.9. The van der Waals surface area contributed by atoms with E-state index in [0.29, 0.717) is 0 Å². The summed E-state index contributed by atoms with van der Waals surface area (Å²) in [5, 5.41) is 0. The number of morpholine rings is 1. The predicted octanol–water partition coefficient (Wildman–Crippen LogP) is 7.51. The Hall–Kier alpha value is -1.94. The molecule has 0 N–H and O–H groups in total. The Morgan fingerprint density at radius 1 is 0.750 bits per heavy atom. The Balaban J connectivity index is 1.71. The summed E-state index contributed by atoms with van der Waals surface area (Å²) in [7, 11) is 0. The van der Waals surface area contributed by atoms with E-state index in [4.69, 9.17) is 4.74 Å². The summed E-state index contributed by atoms with van der Waals surface area (Å²) < 4.78 is 5.54. The molecule has 0 spiro atoms. The van der Waals surface area contributed by atoms with Crippen molar-refractivity contribution in [3.63, 3.8) is 0 Å². The molecular weight excluding hydrogens is 410 g/mol. The van der Waals surface area contributed by atoms with Crippen molar-refractivity contribution in [3.8, 4) is 21.6 Å². The Bertz CT molecular complexity index is 952. The fourth-order valence-corrected chi connectivity index (χ4v) is 5.43. The molecule has 170 valence electrons. The third-order valence-electron chi connectivity index (χ3n) is 6.34. The van der Waals surface area contributed by atoms with Crippen molar-refractivity contribution in [1.29, 1.82) is 0 Å². The first-order valence-electron chi connectivity index (χ1n) is 11.8. The van der Waals surface area contributed by atoms with Crippen LogP contribution in [0.5, 0.6) is 0 Å². The summed E-state index contributed by atoms with van der Waals surface area (Å²) in [5.41, 5.74) is 7.05. The Kier molecular flexibility index (Phi) is 6.63. The Morgan fingerprint density at radius 3 is 1.75 bits per heavy atom. The molecule has 3 heteroatoms. The van der Waals surface area contributed by atoms with Crippen LogP contribution < -0.4 is 0 Å². The molecule has 0 saturated carbocycles. The first kappa shape index (κ1) is 23.2. The van der Waals surface area contributed by atoms with E-state index in [1.54, 1.807) is 0 Å². The highest BCUT2D eigenvalue weighted by Crippen LogP contribution is 2.41. The molecule has 2 nitrogen and oxygen atoms in total. The van der Waals surface area contributed by atoms with E-state index in [9.17, 15) is 0 Å². The number of hydrogen-bond donors (Lipinski definition) is 0. The second kappa shape index (κ2) is 9.13. The number of rotatable bonds is 4. The predicted molar refractivity (Wildman–Crippen MR) is 139 cm³/mol. The zero-order valence-electron chi connectivity index (χ0n) is 20.5. The molecule has 0 radical (unpaired) electrons. The average Bonchev–Trinajstić information content (AvgIpc) is 3.17. The van der Waals surface area contributed by atoms with Gasteiger partial charge in [-0.05, 0) is 39.2 Å². The zero-order valence-corrected chi connectivity index (χ0v) is 21.3. The summed E-state index contributed by atoms with van der Waals surface area (Å²) in [6, 6.07) is 20.8. The maximum atomic E-state index is 5.54. The number of nitrogens with zero attached hydrogens (tertiary/aromatic N) is 1. The van der Waals surface area contributed by atoms with E-state index in [-0.39, 0.29) is 10.8 Å². The monoisotopic (exact) mass is 447 g/mol. The van der Waals surface area contributed by atoms with Gasteiger partial charge in [-0.15, -0.1) is 11.3 Å². The van der Waals surface area contributed by atoms with Crippen LogP contribution in [0.3, 0.4) is 0 Å². The number of benzene rings is 2. The molecule has 1 saturated heterocycles. The van der Waals surface area contributed by atoms with Crippen molar-refractivity contribution in [2.45, 2.75) is 58.9 Å². The van der Waals surface area contributed by atoms with Crippen LogP contribution in [0.25, 0.3) is 21.6 Å². The summed E-state index contributed by atoms with van der Waals surface area (Å²) in [4.78, 5) is 5.31. The lowest BCUT2D eigenvalue weighted by atomic mass is 9.85. The van der Waals surface area contributed by atoms with E-state index in [1.165, 1.54) is 37.6 Å². The van der Waals surface area contributed by atoms with Crippen LogP contribution in [0.15, 0.2) is 54.6 Å². The van der Waals surface area contributed by atoms with Gasteiger partial charge in [-0.25, -0.2) is 0 Å². The van der Waals surface area contributed by atoms with Crippen molar-refractivity contribution >= 4 is 11.3 Å². The van der Waals surface area contributed by atoms with Crippen LogP contribution in [0.4, 0.5) is 0 Å². The van der Waals surface area contributed by atoms with Gasteiger partial charge >= 0.3 is 0 Å². The maximum Gasteiger partial charge on any atom is 0.0594 e. The fraction of sp³-hybridized carbons (Fsp3) is 0.448. The Labute approximate surface area is 198 Å². The van der Waals surface area contributed by atoms with Gasteiger partial charge in [0.1, 0.15) is 0 Å². The molecule has 3 aromatic rings. The molecule has 2 aromatic carbocycles. The molecule has 1 aliphatic rings. The van der Waals surface area contributed by atoms with Crippen LogP contribution in [-0.2, 0) is 22.1 Å². The third-order valence-corrected chi connectivity index (χ3v) is 7.51. The van der Waals surface area contributed by atoms with Gasteiger partial charge in [0.2, 0.25) is 0 Å². The summed E-state index contributed by atoms with van der Waals surface area (Å²) in [5.74, 6) is 0. The van der Waals surface area contributed by atoms with E-state index < -0.39 is 0 Å². The van der Waals surface area contributed by atoms with E-state index in [0.717, 1.165) is 32.8 Å². The minimum atomic E-state index is 0.167. The van der Waals surface area contributed by atoms with Gasteiger partial charge in [-0.2, -0.15) is 0 Å². The first-order chi connectivity index (χ1) is 15.1. The van der Waals surface area contributed by atoms with Crippen molar-refractivity contribution in [2.75, 3.05) is 26.3 Å². The third kappa shape index (κ3) is 5.33. The number of hydrogen-bond acceptors (Lipinski definition) is 3. The maximum absolute atomic E-state index is 5.54. The molecule has 2 heterocycles. The smallest absolute Gasteiger partial charge is 0.0594 e. The molecule has 0 aliphatic carbocycles. The largest absolute Gasteiger partial charge is 0.379 e. The molecule has 0 bridgehead atoms. The van der Waals surface area contributed by atoms with Crippen molar-refractivity contribution in [3.05, 3.63) is 70.6 Å². The van der Waals surface area contributed by atoms with Gasteiger partial charge in [0.05, 0.1) is 13.2 Å². The highest BCUT2D eigenvalue weighted by Gasteiger charge is 2.19. The molecule has 0 amide bonds. The van der Waals surface area contributed by atoms with Gasteiger partial charge < -0.3 is 4.74 Å². The van der Waals surface area contributed by atoms with Gasteiger partial charge in [-0.1, -0.05) is 90.1 Å². The van der Waals surface area contributed by atoms with Gasteiger partial charge in [0.15, 0.2) is 0 Å². The molecule has 0 atom stereocenters. The molecular formula is C29H37NOS. The van der Waals surface area contributed by atoms with Gasteiger partial charge in [-0.3, -0.25) is 4.90 Å². The molecule has 32 heavy (non-hydrogen) atoms. The summed E-state index contributed by atoms with van der Waals surface area (Å²) >= 11 is 1.94. The highest BCUT2D eigenvalue weighted by molar-refractivity contribution is 7.16. The molecule has 4 rings (SSSR count). The summed E-state index contributed by atoms with van der Waals surface area (Å²) in [6.45, 7) is 18.4. The van der Waals surface area contributed by atoms with Crippen LogP contribution in [0.2, 0.25) is 0 Å². The lowest BCUT2D eigenvalue weighted by Crippen LogP contribution is -2.35. The van der Waals surface area contributed by atoms with Crippen molar-refractivity contribution in [1.82, 2.24) is 4.90 Å². The van der Waals surface area contributed by atoms with Crippen LogP contribution in [0.1, 0.15) is 57.5 Å². The minimum Gasteiger partial charge on any atom is -0.379 e. The molecule has 1 fully saturated rings. The number of ether oxygens (including phenoxy) is 1. The van der Waals surface area contributed by atoms with E-state index in [2.05, 4.69) is 101 Å². The normalized spacial score (nSPS) is 15.8. The molecule has 0 unspecified atom stereocenters. The quantitative estimate of drug-likeness (QED) is 0.410. The molecule has 1 aliphatic heterocycles. The van der Waals surface area contributed by atoms with Crippen LogP contribution in [0, 0.1) is 0 Å². The first-order valence-corrected chi connectivity index (χ1v) is 12.6.